The molecule has 66 valence electrons. The summed E-state index contributed by atoms with van der Waals surface area (Å²) in [6.45, 7) is 1.13. The number of rotatable bonds is 0. The number of fused-ring (bicyclic) bond motifs is 1. The van der Waals surface area contributed by atoms with E-state index in [9.17, 15) is 4.79 Å². The molecule has 2 heteroatoms. The van der Waals surface area contributed by atoms with Crippen LogP contribution in [0.3, 0.4) is 0 Å². The van der Waals surface area contributed by atoms with Gasteiger partial charge in [-0.1, -0.05) is 6.08 Å². The molecule has 2 rings (SSSR count). The van der Waals surface area contributed by atoms with Crippen molar-refractivity contribution >= 4 is 5.78 Å². The molecule has 1 aliphatic heterocycles. The van der Waals surface area contributed by atoms with E-state index >= 15 is 0 Å². The molecule has 1 fully saturated rings. The van der Waals surface area contributed by atoms with Gasteiger partial charge in [0.1, 0.15) is 0 Å². The van der Waals surface area contributed by atoms with Crippen molar-refractivity contribution in [3.63, 3.8) is 0 Å². The van der Waals surface area contributed by atoms with E-state index in [0.717, 1.165) is 19.4 Å². The Morgan fingerprint density at radius 1 is 1.42 bits per heavy atom. The average molecular weight is 165 g/mol. The molecule has 0 bridgehead atoms. The Morgan fingerprint density at radius 3 is 3.25 bits per heavy atom. The van der Waals surface area contributed by atoms with Crippen LogP contribution in [0.15, 0.2) is 12.2 Å². The molecule has 0 aromatic heterocycles. The second kappa shape index (κ2) is 3.40. The second-order valence-electron chi connectivity index (χ2n) is 3.73. The van der Waals surface area contributed by atoms with Crippen LogP contribution in [-0.2, 0) is 4.79 Å². The summed E-state index contributed by atoms with van der Waals surface area (Å²) in [7, 11) is 0. The molecule has 0 amide bonds. The van der Waals surface area contributed by atoms with Crippen LogP contribution in [-0.4, -0.2) is 18.4 Å². The van der Waals surface area contributed by atoms with Gasteiger partial charge in [0.25, 0.3) is 0 Å². The van der Waals surface area contributed by atoms with Gasteiger partial charge in [0.2, 0.25) is 0 Å². The summed E-state index contributed by atoms with van der Waals surface area (Å²) >= 11 is 0. The van der Waals surface area contributed by atoms with Gasteiger partial charge in [-0.15, -0.1) is 0 Å². The van der Waals surface area contributed by atoms with Crippen LogP contribution in [0.4, 0.5) is 0 Å². The standard InChI is InChI=1S/C10H15NO/c12-9-4-3-8-2-1-7-11-10(8)6-5-9/h3-4,8,10-11H,1-2,5-7H2. The van der Waals surface area contributed by atoms with E-state index in [-0.39, 0.29) is 0 Å². The van der Waals surface area contributed by atoms with Gasteiger partial charge in [-0.05, 0) is 37.8 Å². The van der Waals surface area contributed by atoms with Gasteiger partial charge in [-0.3, -0.25) is 4.79 Å². The Balaban J connectivity index is 2.08. The van der Waals surface area contributed by atoms with Crippen molar-refractivity contribution in [1.82, 2.24) is 5.32 Å². The summed E-state index contributed by atoms with van der Waals surface area (Å²) in [4.78, 5) is 11.1. The summed E-state index contributed by atoms with van der Waals surface area (Å²) in [5, 5.41) is 3.48. The van der Waals surface area contributed by atoms with Crippen LogP contribution < -0.4 is 5.32 Å². The molecule has 0 aromatic carbocycles. The maximum Gasteiger partial charge on any atom is 0.155 e. The molecule has 1 aliphatic carbocycles. The molecule has 0 saturated carbocycles. The van der Waals surface area contributed by atoms with Gasteiger partial charge in [0.15, 0.2) is 5.78 Å². The number of carbonyl (C=O) groups is 1. The van der Waals surface area contributed by atoms with Crippen LogP contribution in [0.2, 0.25) is 0 Å². The Labute approximate surface area is 73.0 Å². The number of allylic oxidation sites excluding steroid dienone is 1. The molecular weight excluding hydrogens is 150 g/mol. The van der Waals surface area contributed by atoms with Crippen molar-refractivity contribution in [2.24, 2.45) is 5.92 Å². The first kappa shape index (κ1) is 7.99. The highest BCUT2D eigenvalue weighted by molar-refractivity contribution is 5.89. The number of hydrogen-bond donors (Lipinski definition) is 1. The van der Waals surface area contributed by atoms with Crippen molar-refractivity contribution in [1.29, 1.82) is 0 Å². The fraction of sp³-hybridized carbons (Fsp3) is 0.700. The quantitative estimate of drug-likeness (QED) is 0.585. The molecule has 0 radical (unpaired) electrons. The fourth-order valence-corrected chi connectivity index (χ4v) is 2.14. The lowest BCUT2D eigenvalue weighted by Gasteiger charge is -2.29. The third-order valence-corrected chi connectivity index (χ3v) is 2.87. The van der Waals surface area contributed by atoms with Crippen molar-refractivity contribution in [2.45, 2.75) is 31.7 Å². The van der Waals surface area contributed by atoms with Crippen LogP contribution in [0, 0.1) is 5.92 Å². The summed E-state index contributed by atoms with van der Waals surface area (Å²) < 4.78 is 0. The zero-order valence-electron chi connectivity index (χ0n) is 7.25. The number of piperidine rings is 1. The monoisotopic (exact) mass is 165 g/mol. The Morgan fingerprint density at radius 2 is 2.33 bits per heavy atom. The molecule has 2 atom stereocenters. The predicted octanol–water partition coefficient (Wildman–Crippen LogP) is 1.27. The van der Waals surface area contributed by atoms with Crippen molar-refractivity contribution in [2.75, 3.05) is 6.54 Å². The van der Waals surface area contributed by atoms with Gasteiger partial charge < -0.3 is 5.32 Å². The minimum Gasteiger partial charge on any atom is -0.313 e. The first-order valence-corrected chi connectivity index (χ1v) is 4.81. The Bertz CT molecular complexity index is 210. The predicted molar refractivity (Wildman–Crippen MR) is 47.9 cm³/mol. The lowest BCUT2D eigenvalue weighted by Crippen LogP contribution is -2.40. The second-order valence-corrected chi connectivity index (χ2v) is 3.73. The Hall–Kier alpha value is -0.630. The van der Waals surface area contributed by atoms with Gasteiger partial charge in [0, 0.05) is 12.5 Å². The average Bonchev–Trinajstić information content (AvgIpc) is 2.29. The van der Waals surface area contributed by atoms with Gasteiger partial charge in [-0.25, -0.2) is 0 Å². The summed E-state index contributed by atoms with van der Waals surface area (Å²) in [6.07, 6.45) is 8.13. The van der Waals surface area contributed by atoms with Crippen LogP contribution in [0.5, 0.6) is 0 Å². The molecule has 1 N–H and O–H groups in total. The van der Waals surface area contributed by atoms with Crippen molar-refractivity contribution < 1.29 is 4.79 Å². The Kier molecular flexibility index (Phi) is 2.26. The zero-order chi connectivity index (χ0) is 8.39. The normalized spacial score (nSPS) is 35.8. The SMILES string of the molecule is O=C1C=CC2CCCNC2CC1. The highest BCUT2D eigenvalue weighted by atomic mass is 16.1. The van der Waals surface area contributed by atoms with Crippen LogP contribution in [0.1, 0.15) is 25.7 Å². The largest absolute Gasteiger partial charge is 0.313 e. The molecule has 2 aliphatic rings. The lowest BCUT2D eigenvalue weighted by atomic mass is 9.89. The summed E-state index contributed by atoms with van der Waals surface area (Å²) in [5.74, 6) is 0.913. The maximum atomic E-state index is 11.1. The fourth-order valence-electron chi connectivity index (χ4n) is 2.14. The number of hydrogen-bond acceptors (Lipinski definition) is 2. The first-order valence-electron chi connectivity index (χ1n) is 4.81. The van der Waals surface area contributed by atoms with Crippen LogP contribution in [0.25, 0.3) is 0 Å². The van der Waals surface area contributed by atoms with E-state index in [1.165, 1.54) is 12.8 Å². The van der Waals surface area contributed by atoms with E-state index in [1.807, 2.05) is 0 Å². The zero-order valence-corrected chi connectivity index (χ0v) is 7.25. The lowest BCUT2D eigenvalue weighted by molar-refractivity contribution is -0.114. The summed E-state index contributed by atoms with van der Waals surface area (Å²) in [6, 6.07) is 0.571. The number of ketones is 1. The maximum absolute atomic E-state index is 11.1. The molecule has 0 spiro atoms. The van der Waals surface area contributed by atoms with Crippen molar-refractivity contribution in [3.05, 3.63) is 12.2 Å². The van der Waals surface area contributed by atoms with E-state index < -0.39 is 0 Å². The van der Waals surface area contributed by atoms with E-state index in [2.05, 4.69) is 11.4 Å². The smallest absolute Gasteiger partial charge is 0.155 e. The molecule has 1 heterocycles. The molecule has 0 aromatic rings. The molecule has 2 unspecified atom stereocenters. The molecule has 1 saturated heterocycles. The first-order chi connectivity index (χ1) is 5.86. The van der Waals surface area contributed by atoms with E-state index in [4.69, 9.17) is 0 Å². The van der Waals surface area contributed by atoms with E-state index in [0.29, 0.717) is 17.7 Å². The van der Waals surface area contributed by atoms with Gasteiger partial charge >= 0.3 is 0 Å². The number of carbonyl (C=O) groups excluding carboxylic acids is 1. The van der Waals surface area contributed by atoms with Crippen LogP contribution >= 0.6 is 0 Å². The molecular formula is C10H15NO. The highest BCUT2D eigenvalue weighted by Gasteiger charge is 2.24. The third kappa shape index (κ3) is 1.58. The van der Waals surface area contributed by atoms with Gasteiger partial charge in [-0.2, -0.15) is 0 Å². The highest BCUT2D eigenvalue weighted by Crippen LogP contribution is 2.23. The minimum absolute atomic E-state index is 0.297. The molecule has 12 heavy (non-hydrogen) atoms. The molecule has 2 nitrogen and oxygen atoms in total. The van der Waals surface area contributed by atoms with Gasteiger partial charge in [0.05, 0.1) is 0 Å². The topological polar surface area (TPSA) is 29.1 Å². The minimum atomic E-state index is 0.297. The van der Waals surface area contributed by atoms with E-state index in [1.54, 1.807) is 6.08 Å². The summed E-state index contributed by atoms with van der Waals surface area (Å²) in [5.41, 5.74) is 0. The third-order valence-electron chi connectivity index (χ3n) is 2.87. The van der Waals surface area contributed by atoms with Crippen molar-refractivity contribution in [3.8, 4) is 0 Å². The number of nitrogens with one attached hydrogen (secondary N) is 1.